The van der Waals surface area contributed by atoms with Crippen LogP contribution in [0.3, 0.4) is 0 Å². The molecule has 1 aliphatic heterocycles. The Morgan fingerprint density at radius 1 is 0.655 bits per heavy atom. The number of rotatable bonds is 6. The number of nitrogens with one attached hydrogen (secondary N) is 1. The summed E-state index contributed by atoms with van der Waals surface area (Å²) < 4.78 is 0. The van der Waals surface area contributed by atoms with Gasteiger partial charge in [0.25, 0.3) is 5.91 Å². The average Bonchev–Trinajstić information content (AvgIpc) is 2.77. The molecule has 0 unspecified atom stereocenters. The van der Waals surface area contributed by atoms with Gasteiger partial charge >= 0.3 is 0 Å². The van der Waals surface area contributed by atoms with Crippen LogP contribution in [0.25, 0.3) is 0 Å². The maximum Gasteiger partial charge on any atom is 0.255 e. The Morgan fingerprint density at radius 3 is 1.69 bits per heavy atom. The number of anilines is 1. The topological polar surface area (TPSA) is 35.6 Å². The van der Waals surface area contributed by atoms with Crippen molar-refractivity contribution in [2.75, 3.05) is 31.5 Å². The van der Waals surface area contributed by atoms with E-state index in [-0.39, 0.29) is 5.91 Å². The first-order valence-electron chi connectivity index (χ1n) is 10.2. The minimum atomic E-state index is -0.0720. The summed E-state index contributed by atoms with van der Waals surface area (Å²) in [5.41, 5.74) is 4.13. The number of amides is 1. The second-order valence-electron chi connectivity index (χ2n) is 7.55. The second-order valence-corrected chi connectivity index (χ2v) is 7.55. The van der Waals surface area contributed by atoms with Crippen molar-refractivity contribution in [3.05, 3.63) is 102 Å². The molecule has 4 heteroatoms. The van der Waals surface area contributed by atoms with Crippen LogP contribution in [0.15, 0.2) is 84.9 Å². The third-order valence-electron chi connectivity index (χ3n) is 5.37. The van der Waals surface area contributed by atoms with Crippen LogP contribution in [0.5, 0.6) is 0 Å². The van der Waals surface area contributed by atoms with Gasteiger partial charge in [0.15, 0.2) is 0 Å². The van der Waals surface area contributed by atoms with E-state index >= 15 is 0 Å². The molecule has 3 aromatic rings. The van der Waals surface area contributed by atoms with E-state index < -0.39 is 0 Å². The number of piperazine rings is 1. The standard InChI is InChI=1S/C25H27N3O/c29-25(26-24-9-5-2-6-10-24)23-13-11-22(12-14-23)20-28-17-15-27(16-18-28)19-21-7-3-1-4-8-21/h1-14H,15-20H2,(H,26,29). The Kier molecular flexibility index (Phi) is 6.35. The molecule has 3 aromatic carbocycles. The van der Waals surface area contributed by atoms with Gasteiger partial charge in [-0.2, -0.15) is 0 Å². The number of para-hydroxylation sites is 1. The van der Waals surface area contributed by atoms with Crippen molar-refractivity contribution in [1.29, 1.82) is 0 Å². The molecule has 148 valence electrons. The molecule has 0 aromatic heterocycles. The molecule has 0 saturated carbocycles. The van der Waals surface area contributed by atoms with E-state index in [1.165, 1.54) is 11.1 Å². The minimum absolute atomic E-state index is 0.0720. The molecule has 1 fully saturated rings. The molecule has 0 aliphatic carbocycles. The molecule has 0 bridgehead atoms. The van der Waals surface area contributed by atoms with E-state index in [9.17, 15) is 4.79 Å². The van der Waals surface area contributed by atoms with E-state index in [2.05, 4.69) is 57.6 Å². The Labute approximate surface area is 172 Å². The first-order chi connectivity index (χ1) is 14.3. The highest BCUT2D eigenvalue weighted by atomic mass is 16.1. The third kappa shape index (κ3) is 5.53. The average molecular weight is 386 g/mol. The summed E-state index contributed by atoms with van der Waals surface area (Å²) in [7, 11) is 0. The lowest BCUT2D eigenvalue weighted by atomic mass is 10.1. The van der Waals surface area contributed by atoms with E-state index in [1.807, 2.05) is 42.5 Å². The van der Waals surface area contributed by atoms with Crippen LogP contribution in [0.2, 0.25) is 0 Å². The number of carbonyl (C=O) groups is 1. The van der Waals surface area contributed by atoms with Crippen LogP contribution < -0.4 is 5.32 Å². The Balaban J connectivity index is 1.26. The van der Waals surface area contributed by atoms with E-state index in [0.717, 1.165) is 45.0 Å². The molecule has 1 aliphatic rings. The van der Waals surface area contributed by atoms with Crippen molar-refractivity contribution in [3.63, 3.8) is 0 Å². The molecule has 0 atom stereocenters. The maximum absolute atomic E-state index is 12.4. The van der Waals surface area contributed by atoms with Crippen molar-refractivity contribution >= 4 is 11.6 Å². The summed E-state index contributed by atoms with van der Waals surface area (Å²) in [5, 5.41) is 2.93. The Bertz CT molecular complexity index is 902. The largest absolute Gasteiger partial charge is 0.322 e. The number of hydrogen-bond acceptors (Lipinski definition) is 3. The van der Waals surface area contributed by atoms with Crippen molar-refractivity contribution < 1.29 is 4.79 Å². The van der Waals surface area contributed by atoms with Gasteiger partial charge in [0, 0.05) is 50.5 Å². The predicted molar refractivity (Wildman–Crippen MR) is 118 cm³/mol. The molecule has 0 radical (unpaired) electrons. The zero-order valence-corrected chi connectivity index (χ0v) is 16.6. The van der Waals surface area contributed by atoms with Gasteiger partial charge in [0.1, 0.15) is 0 Å². The molecule has 0 spiro atoms. The zero-order chi connectivity index (χ0) is 19.9. The smallest absolute Gasteiger partial charge is 0.255 e. The number of benzene rings is 3. The summed E-state index contributed by atoms with van der Waals surface area (Å²) in [6.07, 6.45) is 0. The number of nitrogens with zero attached hydrogens (tertiary/aromatic N) is 2. The highest BCUT2D eigenvalue weighted by molar-refractivity contribution is 6.04. The first-order valence-corrected chi connectivity index (χ1v) is 10.2. The van der Waals surface area contributed by atoms with Crippen molar-refractivity contribution in [1.82, 2.24) is 9.80 Å². The molecule has 1 amide bonds. The van der Waals surface area contributed by atoms with Crippen LogP contribution in [0.1, 0.15) is 21.5 Å². The van der Waals surface area contributed by atoms with Crippen LogP contribution in [0.4, 0.5) is 5.69 Å². The minimum Gasteiger partial charge on any atom is -0.322 e. The molecule has 1 N–H and O–H groups in total. The van der Waals surface area contributed by atoms with Crippen LogP contribution >= 0.6 is 0 Å². The summed E-state index contributed by atoms with van der Waals surface area (Å²) in [6, 6.07) is 28.2. The lowest BCUT2D eigenvalue weighted by Gasteiger charge is -2.34. The lowest BCUT2D eigenvalue weighted by Crippen LogP contribution is -2.45. The van der Waals surface area contributed by atoms with Crippen molar-refractivity contribution in [2.45, 2.75) is 13.1 Å². The van der Waals surface area contributed by atoms with Crippen molar-refractivity contribution in [2.24, 2.45) is 0 Å². The highest BCUT2D eigenvalue weighted by Crippen LogP contribution is 2.14. The maximum atomic E-state index is 12.4. The fourth-order valence-electron chi connectivity index (χ4n) is 3.69. The van der Waals surface area contributed by atoms with Gasteiger partial charge in [-0.25, -0.2) is 0 Å². The van der Waals surface area contributed by atoms with Gasteiger partial charge in [-0.05, 0) is 35.4 Å². The number of carbonyl (C=O) groups excluding carboxylic acids is 1. The molecular weight excluding hydrogens is 358 g/mol. The lowest BCUT2D eigenvalue weighted by molar-refractivity contribution is 0.102. The Morgan fingerprint density at radius 2 is 1.14 bits per heavy atom. The summed E-state index contributed by atoms with van der Waals surface area (Å²) >= 11 is 0. The second kappa shape index (κ2) is 9.50. The van der Waals surface area contributed by atoms with Gasteiger partial charge in [0.2, 0.25) is 0 Å². The van der Waals surface area contributed by atoms with Crippen molar-refractivity contribution in [3.8, 4) is 0 Å². The summed E-state index contributed by atoms with van der Waals surface area (Å²) in [4.78, 5) is 17.4. The number of hydrogen-bond donors (Lipinski definition) is 1. The fraction of sp³-hybridized carbons (Fsp3) is 0.240. The van der Waals surface area contributed by atoms with E-state index in [0.29, 0.717) is 5.56 Å². The quantitative estimate of drug-likeness (QED) is 0.689. The monoisotopic (exact) mass is 385 g/mol. The normalized spacial score (nSPS) is 15.2. The van der Waals surface area contributed by atoms with Crippen LogP contribution in [-0.2, 0) is 13.1 Å². The van der Waals surface area contributed by atoms with Crippen LogP contribution in [0, 0.1) is 0 Å². The first kappa shape index (κ1) is 19.4. The molecule has 29 heavy (non-hydrogen) atoms. The fourth-order valence-corrected chi connectivity index (χ4v) is 3.69. The van der Waals surface area contributed by atoms with Gasteiger partial charge in [0.05, 0.1) is 0 Å². The van der Waals surface area contributed by atoms with Gasteiger partial charge < -0.3 is 5.32 Å². The third-order valence-corrected chi connectivity index (χ3v) is 5.37. The molecule has 4 nitrogen and oxygen atoms in total. The predicted octanol–water partition coefficient (Wildman–Crippen LogP) is 4.26. The highest BCUT2D eigenvalue weighted by Gasteiger charge is 2.17. The van der Waals surface area contributed by atoms with Gasteiger partial charge in [-0.1, -0.05) is 60.7 Å². The van der Waals surface area contributed by atoms with E-state index in [4.69, 9.17) is 0 Å². The summed E-state index contributed by atoms with van der Waals surface area (Å²) in [5.74, 6) is -0.0720. The van der Waals surface area contributed by atoms with Crippen LogP contribution in [-0.4, -0.2) is 41.9 Å². The Hall–Kier alpha value is -2.95. The SMILES string of the molecule is O=C(Nc1ccccc1)c1ccc(CN2CCN(Cc3ccccc3)CC2)cc1. The molecule has 1 saturated heterocycles. The molecular formula is C25H27N3O. The molecule has 1 heterocycles. The summed E-state index contributed by atoms with van der Waals surface area (Å²) in [6.45, 7) is 6.28. The molecule has 4 rings (SSSR count). The van der Waals surface area contributed by atoms with Gasteiger partial charge in [-0.15, -0.1) is 0 Å². The zero-order valence-electron chi connectivity index (χ0n) is 16.6. The van der Waals surface area contributed by atoms with E-state index in [1.54, 1.807) is 0 Å². The van der Waals surface area contributed by atoms with Gasteiger partial charge in [-0.3, -0.25) is 14.6 Å².